The van der Waals surface area contributed by atoms with Crippen molar-refractivity contribution >= 4 is 28.8 Å². The fourth-order valence-electron chi connectivity index (χ4n) is 3.42. The van der Waals surface area contributed by atoms with Crippen LogP contribution in [0.5, 0.6) is 5.75 Å². The molecule has 2 aromatic rings. The summed E-state index contributed by atoms with van der Waals surface area (Å²) >= 11 is 0. The van der Waals surface area contributed by atoms with Crippen LogP contribution >= 0.6 is 0 Å². The maximum absolute atomic E-state index is 11.9. The quantitative estimate of drug-likeness (QED) is 0.541. The molecule has 2 amide bonds. The second-order valence-corrected chi connectivity index (χ2v) is 6.92. The summed E-state index contributed by atoms with van der Waals surface area (Å²) in [4.78, 5) is 23.9. The van der Waals surface area contributed by atoms with Crippen LogP contribution in [0.4, 0.5) is 0 Å². The Morgan fingerprint density at radius 3 is 2.59 bits per heavy atom. The molecule has 27 heavy (non-hydrogen) atoms. The fraction of sp³-hybridized carbons (Fsp3) is 0.381. The van der Waals surface area contributed by atoms with Gasteiger partial charge < -0.3 is 10.4 Å². The molecule has 1 fully saturated rings. The van der Waals surface area contributed by atoms with Crippen LogP contribution in [-0.4, -0.2) is 29.2 Å². The van der Waals surface area contributed by atoms with Gasteiger partial charge >= 0.3 is 0 Å². The summed E-state index contributed by atoms with van der Waals surface area (Å²) in [6.07, 6.45) is 7.25. The molecule has 3 N–H and O–H groups in total. The molecular formula is C21H25N3O3. The lowest BCUT2D eigenvalue weighted by atomic mass is 9.95. The molecule has 3 rings (SSSR count). The summed E-state index contributed by atoms with van der Waals surface area (Å²) < 4.78 is 0. The highest BCUT2D eigenvalue weighted by molar-refractivity contribution is 6.02. The van der Waals surface area contributed by atoms with Crippen LogP contribution < -0.4 is 10.7 Å². The van der Waals surface area contributed by atoms with E-state index in [1.807, 2.05) is 30.3 Å². The van der Waals surface area contributed by atoms with Crippen LogP contribution in [0, 0.1) is 0 Å². The molecule has 6 heteroatoms. The number of benzene rings is 2. The van der Waals surface area contributed by atoms with Gasteiger partial charge in [0.15, 0.2) is 0 Å². The Bertz CT molecular complexity index is 842. The maximum atomic E-state index is 11.9. The number of aromatic hydroxyl groups is 1. The van der Waals surface area contributed by atoms with E-state index < -0.39 is 0 Å². The van der Waals surface area contributed by atoms with Crippen molar-refractivity contribution in [2.45, 2.75) is 51.0 Å². The van der Waals surface area contributed by atoms with E-state index in [2.05, 4.69) is 15.8 Å². The monoisotopic (exact) mass is 367 g/mol. The summed E-state index contributed by atoms with van der Waals surface area (Å²) in [7, 11) is 0. The smallest absolute Gasteiger partial charge is 0.240 e. The van der Waals surface area contributed by atoms with E-state index in [4.69, 9.17) is 0 Å². The molecule has 2 aromatic carbocycles. The molecule has 0 aromatic heterocycles. The van der Waals surface area contributed by atoms with Crippen molar-refractivity contribution in [2.24, 2.45) is 5.10 Å². The molecule has 0 saturated heterocycles. The summed E-state index contributed by atoms with van der Waals surface area (Å²) in [5.74, 6) is -0.323. The fourth-order valence-corrected chi connectivity index (χ4v) is 3.42. The molecule has 0 atom stereocenters. The predicted molar refractivity (Wildman–Crippen MR) is 106 cm³/mol. The Morgan fingerprint density at radius 1 is 1.04 bits per heavy atom. The van der Waals surface area contributed by atoms with Gasteiger partial charge in [-0.1, -0.05) is 49.6 Å². The normalized spacial score (nSPS) is 15.1. The average Bonchev–Trinajstić information content (AvgIpc) is 2.69. The van der Waals surface area contributed by atoms with E-state index in [0.29, 0.717) is 5.56 Å². The maximum Gasteiger partial charge on any atom is 0.240 e. The standard InChI is InChI=1S/C21H25N3O3/c25-19-11-10-15-6-4-5-9-17(15)18(19)14-22-24-21(27)13-12-20(26)23-16-7-2-1-3-8-16/h4-6,9-11,14,16,25H,1-3,7-8,12-13H2,(H,23,26)(H,24,27)/b22-14-. The molecule has 142 valence electrons. The zero-order chi connectivity index (χ0) is 19.1. The number of nitrogens with zero attached hydrogens (tertiary/aromatic N) is 1. The highest BCUT2D eigenvalue weighted by atomic mass is 16.3. The van der Waals surface area contributed by atoms with E-state index in [0.717, 1.165) is 36.5 Å². The van der Waals surface area contributed by atoms with Gasteiger partial charge in [-0.15, -0.1) is 0 Å². The molecule has 0 unspecified atom stereocenters. The second kappa shape index (κ2) is 9.16. The molecule has 1 saturated carbocycles. The lowest BCUT2D eigenvalue weighted by Crippen LogP contribution is -2.36. The van der Waals surface area contributed by atoms with Crippen molar-refractivity contribution in [2.75, 3.05) is 0 Å². The van der Waals surface area contributed by atoms with Gasteiger partial charge in [0.1, 0.15) is 5.75 Å². The Kier molecular flexibility index (Phi) is 6.41. The van der Waals surface area contributed by atoms with Gasteiger partial charge in [-0.2, -0.15) is 5.10 Å². The minimum atomic E-state index is -0.329. The number of hydrogen-bond donors (Lipinski definition) is 3. The molecule has 6 nitrogen and oxygen atoms in total. The summed E-state index contributed by atoms with van der Waals surface area (Å²) in [5.41, 5.74) is 2.97. The van der Waals surface area contributed by atoms with Gasteiger partial charge in [-0.3, -0.25) is 9.59 Å². The number of hydrogen-bond acceptors (Lipinski definition) is 4. The van der Waals surface area contributed by atoms with Crippen LogP contribution in [-0.2, 0) is 9.59 Å². The first-order valence-electron chi connectivity index (χ1n) is 9.45. The number of rotatable bonds is 6. The summed E-state index contributed by atoms with van der Waals surface area (Å²) in [5, 5.41) is 18.8. The lowest BCUT2D eigenvalue weighted by molar-refractivity contribution is -0.126. The van der Waals surface area contributed by atoms with Crippen molar-refractivity contribution in [3.05, 3.63) is 42.0 Å². The number of nitrogens with one attached hydrogen (secondary N) is 2. The predicted octanol–water partition coefficient (Wildman–Crippen LogP) is 3.22. The third-order valence-corrected chi connectivity index (χ3v) is 4.88. The van der Waals surface area contributed by atoms with Gasteiger partial charge in [0.05, 0.1) is 6.21 Å². The molecule has 0 radical (unpaired) electrons. The van der Waals surface area contributed by atoms with E-state index in [-0.39, 0.29) is 36.4 Å². The van der Waals surface area contributed by atoms with E-state index in [1.54, 1.807) is 6.07 Å². The second-order valence-electron chi connectivity index (χ2n) is 6.92. The van der Waals surface area contributed by atoms with Crippen LogP contribution in [0.25, 0.3) is 10.8 Å². The number of fused-ring (bicyclic) bond motifs is 1. The zero-order valence-corrected chi connectivity index (χ0v) is 15.3. The van der Waals surface area contributed by atoms with Crippen molar-refractivity contribution in [3.63, 3.8) is 0 Å². The minimum absolute atomic E-state index is 0.0808. The van der Waals surface area contributed by atoms with E-state index in [9.17, 15) is 14.7 Å². The molecule has 0 heterocycles. The summed E-state index contributed by atoms with van der Waals surface area (Å²) in [6, 6.07) is 11.3. The Morgan fingerprint density at radius 2 is 1.78 bits per heavy atom. The first kappa shape index (κ1) is 18.9. The highest BCUT2D eigenvalue weighted by Gasteiger charge is 2.16. The topological polar surface area (TPSA) is 90.8 Å². The van der Waals surface area contributed by atoms with Crippen molar-refractivity contribution in [3.8, 4) is 5.75 Å². The SMILES string of the molecule is O=C(CCC(=O)NC1CCCCC1)N/N=C\c1c(O)ccc2ccccc12. The lowest BCUT2D eigenvalue weighted by Gasteiger charge is -2.22. The first-order chi connectivity index (χ1) is 13.1. The largest absolute Gasteiger partial charge is 0.507 e. The molecule has 0 bridgehead atoms. The third-order valence-electron chi connectivity index (χ3n) is 4.88. The van der Waals surface area contributed by atoms with Crippen molar-refractivity contribution in [1.29, 1.82) is 0 Å². The minimum Gasteiger partial charge on any atom is -0.507 e. The van der Waals surface area contributed by atoms with E-state index in [1.165, 1.54) is 12.6 Å². The van der Waals surface area contributed by atoms with Crippen LogP contribution in [0.1, 0.15) is 50.5 Å². The van der Waals surface area contributed by atoms with Gasteiger partial charge in [-0.25, -0.2) is 5.43 Å². The number of carbonyl (C=O) groups is 2. The van der Waals surface area contributed by atoms with Gasteiger partial charge in [0, 0.05) is 24.4 Å². The van der Waals surface area contributed by atoms with Gasteiger partial charge in [0.25, 0.3) is 0 Å². The van der Waals surface area contributed by atoms with Crippen LogP contribution in [0.2, 0.25) is 0 Å². The Balaban J connectivity index is 1.49. The van der Waals surface area contributed by atoms with Crippen LogP contribution in [0.15, 0.2) is 41.5 Å². The van der Waals surface area contributed by atoms with Crippen LogP contribution in [0.3, 0.4) is 0 Å². The molecule has 1 aliphatic carbocycles. The van der Waals surface area contributed by atoms with E-state index >= 15 is 0 Å². The Hall–Kier alpha value is -2.89. The number of hydrazone groups is 1. The molecule has 0 spiro atoms. The molecule has 1 aliphatic rings. The van der Waals surface area contributed by atoms with Gasteiger partial charge in [0.2, 0.25) is 11.8 Å². The molecule has 0 aliphatic heterocycles. The molecular weight excluding hydrogens is 342 g/mol. The first-order valence-corrected chi connectivity index (χ1v) is 9.45. The summed E-state index contributed by atoms with van der Waals surface area (Å²) in [6.45, 7) is 0. The van der Waals surface area contributed by atoms with Gasteiger partial charge in [-0.05, 0) is 29.7 Å². The third kappa shape index (κ3) is 5.29. The number of phenolic OH excluding ortho intramolecular Hbond substituents is 1. The highest BCUT2D eigenvalue weighted by Crippen LogP contribution is 2.25. The van der Waals surface area contributed by atoms with Crippen molar-refractivity contribution < 1.29 is 14.7 Å². The van der Waals surface area contributed by atoms with Crippen molar-refractivity contribution in [1.82, 2.24) is 10.7 Å². The zero-order valence-electron chi connectivity index (χ0n) is 15.3. The number of carbonyl (C=O) groups excluding carboxylic acids is 2. The number of phenols is 1. The Labute approximate surface area is 158 Å². The average molecular weight is 367 g/mol. The number of amides is 2.